The van der Waals surface area contributed by atoms with E-state index in [4.69, 9.17) is 4.74 Å². The van der Waals surface area contributed by atoms with Gasteiger partial charge in [0.1, 0.15) is 6.04 Å². The largest absolute Gasteiger partial charge is 0.466 e. The van der Waals surface area contributed by atoms with Crippen LogP contribution in [0.3, 0.4) is 0 Å². The number of hydrogen-bond donors (Lipinski definition) is 1. The Balaban J connectivity index is 1.99. The van der Waals surface area contributed by atoms with Gasteiger partial charge in [-0.3, -0.25) is 0 Å². The predicted octanol–water partition coefficient (Wildman–Crippen LogP) is 3.11. The summed E-state index contributed by atoms with van der Waals surface area (Å²) in [5.74, 6) is 0.0880. The van der Waals surface area contributed by atoms with E-state index in [0.29, 0.717) is 17.2 Å². The number of methoxy groups -OCH3 is 1. The highest BCUT2D eigenvalue weighted by atomic mass is 79.9. The van der Waals surface area contributed by atoms with E-state index in [1.54, 1.807) is 16.0 Å². The van der Waals surface area contributed by atoms with Gasteiger partial charge >= 0.3 is 5.97 Å². The number of allylic oxidation sites excluding steroid dienone is 1. The van der Waals surface area contributed by atoms with Crippen LogP contribution in [0, 0.1) is 0 Å². The van der Waals surface area contributed by atoms with E-state index in [9.17, 15) is 4.79 Å². The number of carbonyl (C=O) groups excluding carboxylic acids is 1. The van der Waals surface area contributed by atoms with Crippen molar-refractivity contribution in [2.45, 2.75) is 13.0 Å². The number of thiophene rings is 1. The molecule has 1 N–H and O–H groups in total. The van der Waals surface area contributed by atoms with Gasteiger partial charge in [-0.05, 0) is 39.3 Å². The average Bonchev–Trinajstić information content (AvgIpc) is 3.18. The van der Waals surface area contributed by atoms with Gasteiger partial charge in [0.2, 0.25) is 5.95 Å². The molecule has 24 heavy (non-hydrogen) atoms. The lowest BCUT2D eigenvalue weighted by molar-refractivity contribution is -0.136. The number of anilines is 1. The molecule has 4 rings (SSSR count). The van der Waals surface area contributed by atoms with Crippen LogP contribution < -0.4 is 5.32 Å². The van der Waals surface area contributed by atoms with E-state index in [0.717, 1.165) is 19.4 Å². The molecule has 9 heteroatoms. The second-order valence-electron chi connectivity index (χ2n) is 5.28. The van der Waals surface area contributed by atoms with Gasteiger partial charge in [0.15, 0.2) is 0 Å². The first kappa shape index (κ1) is 15.3. The normalized spacial score (nSPS) is 16.9. The third-order valence-electron chi connectivity index (χ3n) is 3.93. The van der Waals surface area contributed by atoms with Crippen molar-refractivity contribution in [1.29, 1.82) is 0 Å². The fourth-order valence-corrected chi connectivity index (χ4v) is 4.97. The van der Waals surface area contributed by atoms with Gasteiger partial charge in [-0.1, -0.05) is 23.3 Å². The first-order valence-electron chi connectivity index (χ1n) is 7.12. The first-order valence-corrected chi connectivity index (χ1v) is 8.73. The van der Waals surface area contributed by atoms with Crippen molar-refractivity contribution in [3.63, 3.8) is 0 Å². The number of fused-ring (bicyclic) bond motifs is 2. The minimum atomic E-state index is -0.449. The van der Waals surface area contributed by atoms with E-state index in [1.807, 2.05) is 31.2 Å². The summed E-state index contributed by atoms with van der Waals surface area (Å²) in [4.78, 5) is 13.4. The minimum absolute atomic E-state index is 0.407. The number of ether oxygens (including phenoxy) is 1. The van der Waals surface area contributed by atoms with Crippen LogP contribution in [0.15, 0.2) is 40.0 Å². The third kappa shape index (κ3) is 2.15. The molecule has 0 bridgehead atoms. The highest BCUT2D eigenvalue weighted by Crippen LogP contribution is 2.45. The Morgan fingerprint density at radius 3 is 2.96 bits per heavy atom. The summed E-state index contributed by atoms with van der Waals surface area (Å²) in [7, 11) is 1.37. The second kappa shape index (κ2) is 5.67. The van der Waals surface area contributed by atoms with Gasteiger partial charge in [0.05, 0.1) is 12.7 Å². The molecule has 0 fully saturated rings. The molecule has 1 unspecified atom stereocenters. The van der Waals surface area contributed by atoms with Crippen LogP contribution in [0.25, 0.3) is 10.1 Å². The molecular weight excluding hydrogens is 394 g/mol. The Kier molecular flexibility index (Phi) is 3.61. The number of benzene rings is 1. The third-order valence-corrected chi connectivity index (χ3v) is 6.27. The lowest BCUT2D eigenvalue weighted by Crippen LogP contribution is -2.29. The first-order chi connectivity index (χ1) is 11.6. The number of hydrogen-bond acceptors (Lipinski definition) is 7. The molecule has 1 atom stereocenters. The number of nitrogens with zero attached hydrogens (tertiary/aromatic N) is 4. The monoisotopic (exact) mass is 405 g/mol. The lowest BCUT2D eigenvalue weighted by atomic mass is 10.0. The molecule has 0 amide bonds. The van der Waals surface area contributed by atoms with Crippen LogP contribution in [0.2, 0.25) is 0 Å². The van der Waals surface area contributed by atoms with Gasteiger partial charge in [0, 0.05) is 25.1 Å². The van der Waals surface area contributed by atoms with E-state index in [2.05, 4.69) is 36.8 Å². The van der Waals surface area contributed by atoms with Crippen molar-refractivity contribution in [1.82, 2.24) is 20.2 Å². The van der Waals surface area contributed by atoms with Crippen molar-refractivity contribution in [3.05, 3.63) is 44.9 Å². The zero-order valence-corrected chi connectivity index (χ0v) is 15.2. The van der Waals surface area contributed by atoms with Crippen LogP contribution in [-0.4, -0.2) is 33.3 Å². The molecule has 3 aromatic rings. The summed E-state index contributed by atoms with van der Waals surface area (Å²) < 4.78 is 8.65. The SMILES string of the molecule is COC(=O)C1=C(C)Nc2nnnn2C1c1sc2ccccc2c1Br. The zero-order valence-electron chi connectivity index (χ0n) is 12.8. The second-order valence-corrected chi connectivity index (χ2v) is 7.16. The Morgan fingerprint density at radius 2 is 2.21 bits per heavy atom. The number of aromatic nitrogens is 4. The number of nitrogens with one attached hydrogen (secondary N) is 1. The highest BCUT2D eigenvalue weighted by molar-refractivity contribution is 9.10. The van der Waals surface area contributed by atoms with E-state index in [1.165, 1.54) is 7.11 Å². The molecule has 122 valence electrons. The van der Waals surface area contributed by atoms with Crippen molar-refractivity contribution in [2.75, 3.05) is 12.4 Å². The Bertz CT molecular complexity index is 993. The molecule has 0 saturated carbocycles. The minimum Gasteiger partial charge on any atom is -0.466 e. The number of carbonyl (C=O) groups is 1. The van der Waals surface area contributed by atoms with Gasteiger partial charge in [0.25, 0.3) is 0 Å². The molecule has 7 nitrogen and oxygen atoms in total. The van der Waals surface area contributed by atoms with Crippen molar-refractivity contribution < 1.29 is 9.53 Å². The van der Waals surface area contributed by atoms with Gasteiger partial charge in [-0.2, -0.15) is 4.68 Å². The van der Waals surface area contributed by atoms with Gasteiger partial charge in [-0.15, -0.1) is 11.3 Å². The van der Waals surface area contributed by atoms with Crippen LogP contribution in [-0.2, 0) is 9.53 Å². The maximum Gasteiger partial charge on any atom is 0.338 e. The van der Waals surface area contributed by atoms with Crippen LogP contribution in [0.1, 0.15) is 17.8 Å². The molecule has 2 aromatic heterocycles. The summed E-state index contributed by atoms with van der Waals surface area (Å²) in [6.45, 7) is 1.82. The maximum absolute atomic E-state index is 12.4. The zero-order chi connectivity index (χ0) is 16.8. The fraction of sp³-hybridized carbons (Fsp3) is 0.200. The van der Waals surface area contributed by atoms with Gasteiger partial charge < -0.3 is 10.1 Å². The molecule has 1 aliphatic heterocycles. The van der Waals surface area contributed by atoms with Gasteiger partial charge in [-0.25, -0.2) is 4.79 Å². The molecule has 3 heterocycles. The summed E-state index contributed by atoms with van der Waals surface area (Å²) in [6, 6.07) is 7.61. The average molecular weight is 406 g/mol. The number of tetrazole rings is 1. The fourth-order valence-electron chi connectivity index (χ4n) is 2.84. The van der Waals surface area contributed by atoms with E-state index >= 15 is 0 Å². The number of esters is 1. The molecule has 0 radical (unpaired) electrons. The van der Waals surface area contributed by atoms with Crippen molar-refractivity contribution >= 4 is 49.3 Å². The lowest BCUT2D eigenvalue weighted by Gasteiger charge is -2.26. The Morgan fingerprint density at radius 1 is 1.42 bits per heavy atom. The maximum atomic E-state index is 12.4. The van der Waals surface area contributed by atoms with Crippen LogP contribution in [0.4, 0.5) is 5.95 Å². The molecule has 0 aliphatic carbocycles. The molecule has 0 spiro atoms. The standard InChI is InChI=1S/C15H12BrN5O2S/c1-7-10(14(22)23-2)12(21-15(17-7)18-19-20-21)13-11(16)8-5-3-4-6-9(8)24-13/h3-6,12H,1-2H3,(H,17,18,20). The summed E-state index contributed by atoms with van der Waals surface area (Å²) in [5, 5.41) is 15.9. The van der Waals surface area contributed by atoms with E-state index < -0.39 is 12.0 Å². The summed E-state index contributed by atoms with van der Waals surface area (Å²) in [5.41, 5.74) is 1.17. The summed E-state index contributed by atoms with van der Waals surface area (Å²) in [6.07, 6.45) is 0. The van der Waals surface area contributed by atoms with E-state index in [-0.39, 0.29) is 0 Å². The van der Waals surface area contributed by atoms with Crippen LogP contribution in [0.5, 0.6) is 0 Å². The predicted molar refractivity (Wildman–Crippen MR) is 93.8 cm³/mol. The summed E-state index contributed by atoms with van der Waals surface area (Å²) >= 11 is 5.28. The molecular formula is C15H12BrN5O2S. The quantitative estimate of drug-likeness (QED) is 0.659. The van der Waals surface area contributed by atoms with Crippen LogP contribution >= 0.6 is 27.3 Å². The molecule has 0 saturated heterocycles. The highest BCUT2D eigenvalue weighted by Gasteiger charge is 2.37. The topological polar surface area (TPSA) is 81.9 Å². The molecule has 1 aliphatic rings. The number of halogens is 1. The number of rotatable bonds is 2. The molecule has 1 aromatic carbocycles. The Labute approximate surface area is 149 Å². The smallest absolute Gasteiger partial charge is 0.338 e. The van der Waals surface area contributed by atoms with Crippen molar-refractivity contribution in [3.8, 4) is 0 Å². The Hall–Kier alpha value is -2.26. The van der Waals surface area contributed by atoms with Crippen molar-refractivity contribution in [2.24, 2.45) is 0 Å².